The van der Waals surface area contributed by atoms with E-state index in [2.05, 4.69) is 0 Å². The van der Waals surface area contributed by atoms with E-state index in [0.717, 1.165) is 12.8 Å². The first kappa shape index (κ1) is 11.4. The number of rotatable bonds is 2. The van der Waals surface area contributed by atoms with Gasteiger partial charge in [-0.1, -0.05) is 18.6 Å². The minimum absolute atomic E-state index is 0.278. The number of halogens is 2. The van der Waals surface area contributed by atoms with Gasteiger partial charge in [0.05, 0.1) is 7.11 Å². The van der Waals surface area contributed by atoms with E-state index < -0.39 is 11.8 Å². The van der Waals surface area contributed by atoms with Crippen molar-refractivity contribution < 1.29 is 13.5 Å². The number of methoxy groups -OCH3 is 1. The number of benzene rings is 1. The summed E-state index contributed by atoms with van der Waals surface area (Å²) in [6, 6.07) is 6.60. The van der Waals surface area contributed by atoms with Crippen molar-refractivity contribution in [2.24, 2.45) is 0 Å². The van der Waals surface area contributed by atoms with E-state index in [0.29, 0.717) is 17.7 Å². The van der Waals surface area contributed by atoms with Crippen molar-refractivity contribution in [2.75, 3.05) is 7.11 Å². The van der Waals surface area contributed by atoms with Gasteiger partial charge in [0.25, 0.3) is 0 Å². The van der Waals surface area contributed by atoms with Gasteiger partial charge in [-0.3, -0.25) is 0 Å². The van der Waals surface area contributed by atoms with Crippen LogP contribution in [-0.4, -0.2) is 13.3 Å². The van der Waals surface area contributed by atoms with Gasteiger partial charge in [-0.15, -0.1) is 0 Å². The molecule has 2 rings (SSSR count). The second kappa shape index (κ2) is 4.40. The molecule has 0 bridgehead atoms. The third kappa shape index (κ3) is 1.91. The van der Waals surface area contributed by atoms with Gasteiger partial charge in [-0.2, -0.15) is 0 Å². The third-order valence-corrected chi connectivity index (χ3v) is 3.31. The molecule has 0 radical (unpaired) electrons. The monoisotopic (exact) mass is 226 g/mol. The minimum Gasteiger partial charge on any atom is -0.497 e. The SMILES string of the molecule is COc1ccc([C@]2(F)CCCC[C@@H]2F)cc1. The molecule has 0 amide bonds. The van der Waals surface area contributed by atoms with Gasteiger partial charge in [-0.25, -0.2) is 8.78 Å². The van der Waals surface area contributed by atoms with Crippen LogP contribution in [0.3, 0.4) is 0 Å². The summed E-state index contributed by atoms with van der Waals surface area (Å²) in [5, 5.41) is 0. The summed E-state index contributed by atoms with van der Waals surface area (Å²) in [7, 11) is 1.55. The summed E-state index contributed by atoms with van der Waals surface area (Å²) in [5.41, 5.74) is -1.37. The van der Waals surface area contributed by atoms with Crippen LogP contribution in [0.1, 0.15) is 31.2 Å². The second-order valence-electron chi connectivity index (χ2n) is 4.30. The predicted octanol–water partition coefficient (Wildman–Crippen LogP) is 3.77. The van der Waals surface area contributed by atoms with Crippen LogP contribution in [-0.2, 0) is 5.67 Å². The fraction of sp³-hybridized carbons (Fsp3) is 0.538. The van der Waals surface area contributed by atoms with Crippen LogP contribution in [0.5, 0.6) is 5.75 Å². The maximum absolute atomic E-state index is 14.5. The Hall–Kier alpha value is -1.12. The number of hydrogen-bond donors (Lipinski definition) is 0. The quantitative estimate of drug-likeness (QED) is 0.745. The minimum atomic E-state index is -1.80. The molecular formula is C13H16F2O. The van der Waals surface area contributed by atoms with E-state index >= 15 is 0 Å². The zero-order chi connectivity index (χ0) is 11.6. The van der Waals surface area contributed by atoms with Crippen molar-refractivity contribution in [3.8, 4) is 5.75 Å². The number of alkyl halides is 2. The molecule has 0 spiro atoms. The van der Waals surface area contributed by atoms with E-state index in [4.69, 9.17) is 4.74 Å². The van der Waals surface area contributed by atoms with Crippen molar-refractivity contribution in [3.63, 3.8) is 0 Å². The zero-order valence-corrected chi connectivity index (χ0v) is 9.38. The molecule has 1 nitrogen and oxygen atoms in total. The normalized spacial score (nSPS) is 30.1. The fourth-order valence-electron chi connectivity index (χ4n) is 2.28. The molecule has 0 saturated heterocycles. The first-order valence-corrected chi connectivity index (χ1v) is 5.64. The van der Waals surface area contributed by atoms with Crippen LogP contribution in [0.4, 0.5) is 8.78 Å². The average molecular weight is 226 g/mol. The molecule has 0 N–H and O–H groups in total. The summed E-state index contributed by atoms with van der Waals surface area (Å²) < 4.78 is 33.2. The first-order chi connectivity index (χ1) is 7.66. The highest BCUT2D eigenvalue weighted by atomic mass is 19.2. The third-order valence-electron chi connectivity index (χ3n) is 3.31. The largest absolute Gasteiger partial charge is 0.497 e. The Kier molecular flexibility index (Phi) is 3.13. The highest BCUT2D eigenvalue weighted by molar-refractivity contribution is 5.32. The van der Waals surface area contributed by atoms with Crippen molar-refractivity contribution in [3.05, 3.63) is 29.8 Å². The lowest BCUT2D eigenvalue weighted by Crippen LogP contribution is -2.35. The van der Waals surface area contributed by atoms with E-state index in [-0.39, 0.29) is 6.42 Å². The Morgan fingerprint density at radius 3 is 2.50 bits per heavy atom. The topological polar surface area (TPSA) is 9.23 Å². The van der Waals surface area contributed by atoms with Crippen LogP contribution < -0.4 is 4.74 Å². The summed E-state index contributed by atoms with van der Waals surface area (Å²) in [5.74, 6) is 0.665. The molecule has 0 unspecified atom stereocenters. The lowest BCUT2D eigenvalue weighted by atomic mass is 9.80. The molecule has 88 valence electrons. The molecule has 1 fully saturated rings. The molecule has 1 saturated carbocycles. The van der Waals surface area contributed by atoms with Gasteiger partial charge in [0, 0.05) is 0 Å². The first-order valence-electron chi connectivity index (χ1n) is 5.64. The number of ether oxygens (including phenoxy) is 1. The predicted molar refractivity (Wildman–Crippen MR) is 59.1 cm³/mol. The van der Waals surface area contributed by atoms with Gasteiger partial charge in [0.1, 0.15) is 11.9 Å². The fourth-order valence-corrected chi connectivity index (χ4v) is 2.28. The summed E-state index contributed by atoms with van der Waals surface area (Å²) >= 11 is 0. The van der Waals surface area contributed by atoms with Crippen LogP contribution in [0.25, 0.3) is 0 Å². The highest BCUT2D eigenvalue weighted by Gasteiger charge is 2.43. The van der Waals surface area contributed by atoms with Crippen LogP contribution in [0.2, 0.25) is 0 Å². The second-order valence-corrected chi connectivity index (χ2v) is 4.30. The molecule has 1 aromatic carbocycles. The zero-order valence-electron chi connectivity index (χ0n) is 9.38. The Morgan fingerprint density at radius 1 is 1.25 bits per heavy atom. The molecule has 1 aliphatic carbocycles. The van der Waals surface area contributed by atoms with Crippen molar-refractivity contribution in [1.82, 2.24) is 0 Å². The molecule has 3 heteroatoms. The van der Waals surface area contributed by atoms with E-state index in [1.807, 2.05) is 0 Å². The Bertz CT molecular complexity index is 349. The van der Waals surface area contributed by atoms with E-state index in [9.17, 15) is 8.78 Å². The van der Waals surface area contributed by atoms with Crippen molar-refractivity contribution >= 4 is 0 Å². The number of hydrogen-bond acceptors (Lipinski definition) is 1. The molecule has 16 heavy (non-hydrogen) atoms. The maximum Gasteiger partial charge on any atom is 0.166 e. The molecular weight excluding hydrogens is 210 g/mol. The summed E-state index contributed by atoms with van der Waals surface area (Å²) in [6.45, 7) is 0. The average Bonchev–Trinajstić information content (AvgIpc) is 2.33. The molecule has 2 atom stereocenters. The van der Waals surface area contributed by atoms with Crippen LogP contribution >= 0.6 is 0 Å². The lowest BCUT2D eigenvalue weighted by molar-refractivity contribution is 0.00861. The van der Waals surface area contributed by atoms with E-state index in [1.165, 1.54) is 0 Å². The van der Waals surface area contributed by atoms with Crippen molar-refractivity contribution in [2.45, 2.75) is 37.5 Å². The Labute approximate surface area is 94.4 Å². The van der Waals surface area contributed by atoms with Crippen LogP contribution in [0, 0.1) is 0 Å². The molecule has 0 aliphatic heterocycles. The molecule has 1 aromatic rings. The van der Waals surface area contributed by atoms with Crippen molar-refractivity contribution in [1.29, 1.82) is 0 Å². The van der Waals surface area contributed by atoms with Gasteiger partial charge < -0.3 is 4.74 Å². The maximum atomic E-state index is 14.5. The van der Waals surface area contributed by atoms with Gasteiger partial charge in [-0.05, 0) is 37.0 Å². The molecule has 1 aliphatic rings. The molecule has 0 aromatic heterocycles. The Morgan fingerprint density at radius 2 is 1.94 bits per heavy atom. The van der Waals surface area contributed by atoms with Gasteiger partial charge >= 0.3 is 0 Å². The smallest absolute Gasteiger partial charge is 0.166 e. The van der Waals surface area contributed by atoms with Crippen LogP contribution in [0.15, 0.2) is 24.3 Å². The van der Waals surface area contributed by atoms with Gasteiger partial charge in [0.2, 0.25) is 0 Å². The summed E-state index contributed by atoms with van der Waals surface area (Å²) in [4.78, 5) is 0. The summed E-state index contributed by atoms with van der Waals surface area (Å²) in [6.07, 6.45) is 0.754. The standard InChI is InChI=1S/C13H16F2O/c1-16-11-7-5-10(6-8-11)13(15)9-3-2-4-12(13)14/h5-8,12H,2-4,9H2,1H3/t12-,13+/m0/s1. The Balaban J connectivity index is 2.26. The van der Waals surface area contributed by atoms with E-state index in [1.54, 1.807) is 31.4 Å². The lowest BCUT2D eigenvalue weighted by Gasteiger charge is -2.33. The molecule has 0 heterocycles. The highest BCUT2D eigenvalue weighted by Crippen LogP contribution is 2.42. The van der Waals surface area contributed by atoms with Gasteiger partial charge in [0.15, 0.2) is 5.67 Å².